The number of hydrogen-bond donors (Lipinski definition) is 0. The van der Waals surface area contributed by atoms with Crippen molar-refractivity contribution >= 4 is 34.8 Å². The summed E-state index contributed by atoms with van der Waals surface area (Å²) >= 11 is 18.2. The molecule has 1 aromatic rings. The third kappa shape index (κ3) is 5.50. The van der Waals surface area contributed by atoms with E-state index in [0.717, 1.165) is 12.0 Å². The molecular weight excluding hydrogens is 275 g/mol. The Labute approximate surface area is 119 Å². The Balaban J connectivity index is 2.36. The molecule has 0 aromatic heterocycles. The molecule has 0 N–H and O–H groups in total. The normalized spacial score (nSPS) is 12.7. The Bertz CT molecular complexity index is 336. The molecule has 0 nitrogen and oxygen atoms in total. The molecule has 0 saturated heterocycles. The van der Waals surface area contributed by atoms with Gasteiger partial charge in [-0.25, -0.2) is 0 Å². The third-order valence-electron chi connectivity index (χ3n) is 2.87. The molecule has 1 unspecified atom stereocenters. The molecule has 0 heterocycles. The Morgan fingerprint density at radius 2 is 1.71 bits per heavy atom. The third-order valence-corrected chi connectivity index (χ3v) is 4.08. The summed E-state index contributed by atoms with van der Waals surface area (Å²) < 4.78 is 0. The number of hydrogen-bond acceptors (Lipinski definition) is 0. The highest BCUT2D eigenvalue weighted by Gasteiger charge is 2.09. The van der Waals surface area contributed by atoms with Crippen LogP contribution in [0.3, 0.4) is 0 Å². The van der Waals surface area contributed by atoms with Crippen LogP contribution in [-0.4, -0.2) is 0 Å². The summed E-state index contributed by atoms with van der Waals surface area (Å²) in [4.78, 5) is 0. The summed E-state index contributed by atoms with van der Waals surface area (Å²) in [6, 6.07) is 5.64. The van der Waals surface area contributed by atoms with Crippen LogP contribution in [0.15, 0.2) is 18.2 Å². The minimum absolute atomic E-state index is 0.0476. The van der Waals surface area contributed by atoms with Crippen LogP contribution in [0.25, 0.3) is 0 Å². The smallest absolute Gasteiger partial charge is 0.0595 e. The van der Waals surface area contributed by atoms with Gasteiger partial charge in [-0.3, -0.25) is 0 Å². The van der Waals surface area contributed by atoms with Crippen LogP contribution in [0.2, 0.25) is 10.0 Å². The summed E-state index contributed by atoms with van der Waals surface area (Å²) in [7, 11) is 0. The van der Waals surface area contributed by atoms with E-state index in [0.29, 0.717) is 10.0 Å². The predicted molar refractivity (Wildman–Crippen MR) is 78.4 cm³/mol. The van der Waals surface area contributed by atoms with Crippen LogP contribution in [0, 0.1) is 0 Å². The van der Waals surface area contributed by atoms with Crippen LogP contribution in [0.4, 0.5) is 0 Å². The molecular formula is C14H19Cl3. The van der Waals surface area contributed by atoms with E-state index in [2.05, 4.69) is 6.92 Å². The minimum Gasteiger partial charge on any atom is -0.118 e. The average molecular weight is 294 g/mol. The van der Waals surface area contributed by atoms with Gasteiger partial charge in [-0.1, -0.05) is 68.3 Å². The van der Waals surface area contributed by atoms with Crippen molar-refractivity contribution in [1.29, 1.82) is 0 Å². The molecule has 0 aliphatic carbocycles. The maximum absolute atomic E-state index is 6.34. The van der Waals surface area contributed by atoms with Crippen molar-refractivity contribution in [3.63, 3.8) is 0 Å². The van der Waals surface area contributed by atoms with Crippen LogP contribution < -0.4 is 0 Å². The molecule has 0 fully saturated rings. The van der Waals surface area contributed by atoms with Gasteiger partial charge in [0, 0.05) is 0 Å². The lowest BCUT2D eigenvalue weighted by Gasteiger charge is -2.10. The van der Waals surface area contributed by atoms with Gasteiger partial charge in [0.05, 0.1) is 15.4 Å². The molecule has 3 heteroatoms. The van der Waals surface area contributed by atoms with Crippen molar-refractivity contribution in [3.05, 3.63) is 33.8 Å². The monoisotopic (exact) mass is 292 g/mol. The van der Waals surface area contributed by atoms with E-state index in [1.54, 1.807) is 0 Å². The number of rotatable bonds is 7. The van der Waals surface area contributed by atoms with E-state index in [9.17, 15) is 0 Å². The second-order valence-electron chi connectivity index (χ2n) is 4.34. The van der Waals surface area contributed by atoms with Gasteiger partial charge < -0.3 is 0 Å². The van der Waals surface area contributed by atoms with E-state index in [4.69, 9.17) is 34.8 Å². The molecule has 1 rings (SSSR count). The molecule has 0 radical (unpaired) electrons. The topological polar surface area (TPSA) is 0 Å². The molecule has 0 spiro atoms. The fourth-order valence-electron chi connectivity index (χ4n) is 1.80. The quantitative estimate of drug-likeness (QED) is 0.391. The second kappa shape index (κ2) is 8.24. The fraction of sp³-hybridized carbons (Fsp3) is 0.571. The first kappa shape index (κ1) is 15.1. The second-order valence-corrected chi connectivity index (χ2v) is 5.69. The first-order chi connectivity index (χ1) is 8.15. The largest absolute Gasteiger partial charge is 0.118 e. The SMILES string of the molecule is CCCCCCCC(Cl)c1ccc(Cl)c(Cl)c1. The van der Waals surface area contributed by atoms with Crippen molar-refractivity contribution < 1.29 is 0 Å². The summed E-state index contributed by atoms with van der Waals surface area (Å²) in [5.74, 6) is 0. The van der Waals surface area contributed by atoms with Gasteiger partial charge >= 0.3 is 0 Å². The predicted octanol–water partition coefficient (Wildman–Crippen LogP) is 6.63. The van der Waals surface area contributed by atoms with E-state index >= 15 is 0 Å². The highest BCUT2D eigenvalue weighted by atomic mass is 35.5. The van der Waals surface area contributed by atoms with E-state index < -0.39 is 0 Å². The van der Waals surface area contributed by atoms with Gasteiger partial charge in [-0.05, 0) is 24.1 Å². The zero-order valence-electron chi connectivity index (χ0n) is 10.2. The lowest BCUT2D eigenvalue weighted by atomic mass is 10.0. The average Bonchev–Trinajstić information content (AvgIpc) is 2.32. The lowest BCUT2D eigenvalue weighted by Crippen LogP contribution is -1.91. The summed E-state index contributed by atoms with van der Waals surface area (Å²) in [6.07, 6.45) is 7.34. The Morgan fingerprint density at radius 1 is 1.00 bits per heavy atom. The number of alkyl halides is 1. The molecule has 0 aliphatic heterocycles. The van der Waals surface area contributed by atoms with Crippen LogP contribution in [0.1, 0.15) is 56.4 Å². The zero-order chi connectivity index (χ0) is 12.7. The molecule has 17 heavy (non-hydrogen) atoms. The van der Waals surface area contributed by atoms with Gasteiger partial charge in [0.15, 0.2) is 0 Å². The highest BCUT2D eigenvalue weighted by Crippen LogP contribution is 2.31. The fourth-order valence-corrected chi connectivity index (χ4v) is 2.40. The van der Waals surface area contributed by atoms with Gasteiger partial charge in [0.25, 0.3) is 0 Å². The molecule has 0 aliphatic rings. The molecule has 0 saturated carbocycles. The summed E-state index contributed by atoms with van der Waals surface area (Å²) in [6.45, 7) is 2.22. The van der Waals surface area contributed by atoms with Crippen molar-refractivity contribution in [2.45, 2.75) is 50.8 Å². The summed E-state index contributed by atoms with van der Waals surface area (Å²) in [5.41, 5.74) is 1.07. The molecule has 96 valence electrons. The molecule has 1 atom stereocenters. The van der Waals surface area contributed by atoms with Crippen molar-refractivity contribution in [2.75, 3.05) is 0 Å². The number of benzene rings is 1. The molecule has 1 aromatic carbocycles. The first-order valence-electron chi connectivity index (χ1n) is 6.24. The Kier molecular flexibility index (Phi) is 7.34. The van der Waals surface area contributed by atoms with Gasteiger partial charge in [0.1, 0.15) is 0 Å². The lowest BCUT2D eigenvalue weighted by molar-refractivity contribution is 0.601. The van der Waals surface area contributed by atoms with Crippen molar-refractivity contribution in [1.82, 2.24) is 0 Å². The van der Waals surface area contributed by atoms with Gasteiger partial charge in [-0.2, -0.15) is 0 Å². The maximum atomic E-state index is 6.34. The Hall–Kier alpha value is 0.0900. The molecule has 0 bridgehead atoms. The maximum Gasteiger partial charge on any atom is 0.0595 e. The highest BCUT2D eigenvalue weighted by molar-refractivity contribution is 6.42. The van der Waals surface area contributed by atoms with E-state index in [1.807, 2.05) is 18.2 Å². The Morgan fingerprint density at radius 3 is 2.35 bits per heavy atom. The van der Waals surface area contributed by atoms with E-state index in [-0.39, 0.29) is 5.38 Å². The van der Waals surface area contributed by atoms with Gasteiger partial charge in [-0.15, -0.1) is 11.6 Å². The van der Waals surface area contributed by atoms with Gasteiger partial charge in [0.2, 0.25) is 0 Å². The molecule has 0 amide bonds. The number of unbranched alkanes of at least 4 members (excludes halogenated alkanes) is 4. The first-order valence-corrected chi connectivity index (χ1v) is 7.43. The van der Waals surface area contributed by atoms with Crippen molar-refractivity contribution in [3.8, 4) is 0 Å². The zero-order valence-corrected chi connectivity index (χ0v) is 12.5. The van der Waals surface area contributed by atoms with Crippen LogP contribution in [-0.2, 0) is 0 Å². The van der Waals surface area contributed by atoms with Crippen molar-refractivity contribution in [2.24, 2.45) is 0 Å². The van der Waals surface area contributed by atoms with Crippen LogP contribution >= 0.6 is 34.8 Å². The summed E-state index contributed by atoms with van der Waals surface area (Å²) in [5, 5.41) is 1.22. The van der Waals surface area contributed by atoms with Crippen LogP contribution in [0.5, 0.6) is 0 Å². The number of halogens is 3. The van der Waals surface area contributed by atoms with E-state index in [1.165, 1.54) is 32.1 Å². The standard InChI is InChI=1S/C14H19Cl3/c1-2-3-4-5-6-7-12(15)11-8-9-13(16)14(17)10-11/h8-10,12H,2-7H2,1H3. The minimum atomic E-state index is 0.0476.